The van der Waals surface area contributed by atoms with Crippen LogP contribution in [0.4, 0.5) is 0 Å². The summed E-state index contributed by atoms with van der Waals surface area (Å²) in [6.07, 6.45) is 7.15. The van der Waals surface area contributed by atoms with Crippen molar-refractivity contribution in [2.45, 2.75) is 88.9 Å². The number of rotatable bonds is 10. The first-order valence-corrected chi connectivity index (χ1v) is 15.4. The molecule has 9 heteroatoms. The molecule has 5 rings (SSSR count). The van der Waals surface area contributed by atoms with Gasteiger partial charge in [0.15, 0.2) is 0 Å². The number of ether oxygens (including phenoxy) is 1. The molecule has 2 amide bonds. The summed E-state index contributed by atoms with van der Waals surface area (Å²) in [6, 6.07) is 13.2. The fourth-order valence-electron chi connectivity index (χ4n) is 6.76. The Morgan fingerprint density at radius 2 is 1.62 bits per heavy atom. The monoisotopic (exact) mass is 577 g/mol. The standard InChI is InChI=1S/C33H43N3O6/c1-2-3-19-36-30(38)28(29(37)24-7-5-4-6-8-24)34-32(41)33(36)17-20-35(21-18-33)22-23-9-13-26(14-10-23)42-27-15-11-25(12-16-27)31(39)40/h9-16,24,28-29,37H,2-8,17-22H2,1H3,(H,34,41)(H,39,40)/t28-,29+/m1/s1. The normalized spacial score (nSPS) is 22.1. The van der Waals surface area contributed by atoms with Crippen LogP contribution in [-0.2, 0) is 16.1 Å². The number of aliphatic hydroxyl groups is 1. The average molecular weight is 578 g/mol. The van der Waals surface area contributed by atoms with Gasteiger partial charge in [-0.25, -0.2) is 4.79 Å². The minimum atomic E-state index is -0.975. The molecule has 0 unspecified atom stereocenters. The Hall–Kier alpha value is -3.43. The molecule has 1 saturated carbocycles. The van der Waals surface area contributed by atoms with E-state index >= 15 is 0 Å². The van der Waals surface area contributed by atoms with Gasteiger partial charge in [0.05, 0.1) is 11.7 Å². The van der Waals surface area contributed by atoms with Crippen LogP contribution in [0.15, 0.2) is 48.5 Å². The van der Waals surface area contributed by atoms with Crippen LogP contribution in [0.3, 0.4) is 0 Å². The van der Waals surface area contributed by atoms with Crippen molar-refractivity contribution in [2.24, 2.45) is 5.92 Å². The molecule has 0 radical (unpaired) electrons. The van der Waals surface area contributed by atoms with Gasteiger partial charge in [0.25, 0.3) is 0 Å². The number of piperazine rings is 1. The van der Waals surface area contributed by atoms with Gasteiger partial charge in [-0.3, -0.25) is 14.5 Å². The lowest BCUT2D eigenvalue weighted by atomic mass is 9.78. The third kappa shape index (κ3) is 6.47. The highest BCUT2D eigenvalue weighted by molar-refractivity contribution is 6.00. The molecule has 2 saturated heterocycles. The molecular weight excluding hydrogens is 534 g/mol. The van der Waals surface area contributed by atoms with E-state index in [9.17, 15) is 19.5 Å². The lowest BCUT2D eigenvalue weighted by Gasteiger charge is -2.52. The summed E-state index contributed by atoms with van der Waals surface area (Å²) in [5.74, 6) is 0.0741. The van der Waals surface area contributed by atoms with Crippen LogP contribution in [0, 0.1) is 5.92 Å². The molecule has 3 aliphatic rings. The second-order valence-corrected chi connectivity index (χ2v) is 12.1. The summed E-state index contributed by atoms with van der Waals surface area (Å²) in [5.41, 5.74) is 0.461. The summed E-state index contributed by atoms with van der Waals surface area (Å²) in [4.78, 5) is 42.7. The molecule has 0 aromatic heterocycles. The number of carbonyl (C=O) groups excluding carboxylic acids is 2. The van der Waals surface area contributed by atoms with Gasteiger partial charge >= 0.3 is 5.97 Å². The van der Waals surface area contributed by atoms with E-state index in [-0.39, 0.29) is 23.3 Å². The number of piperidine rings is 1. The Morgan fingerprint density at radius 3 is 2.21 bits per heavy atom. The molecule has 0 bridgehead atoms. The summed E-state index contributed by atoms with van der Waals surface area (Å²) >= 11 is 0. The molecule has 2 heterocycles. The first kappa shape index (κ1) is 30.0. The molecule has 1 spiro atoms. The minimum Gasteiger partial charge on any atom is -0.478 e. The van der Waals surface area contributed by atoms with Crippen molar-refractivity contribution in [1.82, 2.24) is 15.1 Å². The second-order valence-electron chi connectivity index (χ2n) is 12.1. The maximum absolute atomic E-state index is 13.8. The van der Waals surface area contributed by atoms with Gasteiger partial charge in [0.1, 0.15) is 23.1 Å². The minimum absolute atomic E-state index is 0.0613. The molecule has 9 nitrogen and oxygen atoms in total. The number of aliphatic hydroxyl groups excluding tert-OH is 1. The molecule has 2 aromatic rings. The maximum atomic E-state index is 13.8. The fraction of sp³-hybridized carbons (Fsp3) is 0.545. The number of carbonyl (C=O) groups is 3. The van der Waals surface area contributed by atoms with Gasteiger partial charge < -0.3 is 25.2 Å². The number of benzene rings is 2. The fourth-order valence-corrected chi connectivity index (χ4v) is 6.76. The predicted molar refractivity (Wildman–Crippen MR) is 158 cm³/mol. The SMILES string of the molecule is CCCCN1C(=O)[C@@H]([C@@H](O)C2CCCCC2)NC(=O)C12CCN(Cc1ccc(Oc3ccc(C(=O)O)cc3)cc1)CC2. The highest BCUT2D eigenvalue weighted by Gasteiger charge is 2.55. The van der Waals surface area contributed by atoms with Crippen molar-refractivity contribution in [2.75, 3.05) is 19.6 Å². The molecule has 226 valence electrons. The molecule has 3 fully saturated rings. The van der Waals surface area contributed by atoms with Crippen LogP contribution in [-0.4, -0.2) is 75.1 Å². The second kappa shape index (κ2) is 13.3. The number of amides is 2. The van der Waals surface area contributed by atoms with Gasteiger partial charge in [-0.05, 0) is 80.0 Å². The van der Waals surface area contributed by atoms with E-state index in [1.807, 2.05) is 29.2 Å². The lowest BCUT2D eigenvalue weighted by Crippen LogP contribution is -2.75. The number of likely N-dealkylation sites (tertiary alicyclic amines) is 1. The number of carboxylic acid groups (broad SMARTS) is 1. The molecule has 2 atom stereocenters. The third-order valence-corrected chi connectivity index (χ3v) is 9.32. The topological polar surface area (TPSA) is 119 Å². The van der Waals surface area contributed by atoms with Gasteiger partial charge in [-0.1, -0.05) is 44.7 Å². The number of carboxylic acids is 1. The van der Waals surface area contributed by atoms with Crippen molar-refractivity contribution < 1.29 is 29.3 Å². The van der Waals surface area contributed by atoms with E-state index in [0.29, 0.717) is 44.0 Å². The van der Waals surface area contributed by atoms with Crippen LogP contribution in [0.5, 0.6) is 11.5 Å². The van der Waals surface area contributed by atoms with Crippen LogP contribution in [0.1, 0.15) is 80.6 Å². The zero-order valence-electron chi connectivity index (χ0n) is 24.5. The zero-order chi connectivity index (χ0) is 29.7. The van der Waals surface area contributed by atoms with Crippen LogP contribution in [0.25, 0.3) is 0 Å². The van der Waals surface area contributed by atoms with Crippen LogP contribution >= 0.6 is 0 Å². The van der Waals surface area contributed by atoms with E-state index in [4.69, 9.17) is 9.84 Å². The van der Waals surface area contributed by atoms with Crippen LogP contribution in [0.2, 0.25) is 0 Å². The van der Waals surface area contributed by atoms with Crippen LogP contribution < -0.4 is 10.1 Å². The Labute approximate surface area is 247 Å². The molecule has 2 aromatic carbocycles. The Balaban J connectivity index is 1.20. The van der Waals surface area contributed by atoms with E-state index in [1.165, 1.54) is 18.6 Å². The number of hydrogen-bond donors (Lipinski definition) is 3. The van der Waals surface area contributed by atoms with Crippen molar-refractivity contribution in [3.05, 3.63) is 59.7 Å². The Kier molecular flexibility index (Phi) is 9.48. The Morgan fingerprint density at radius 1 is 1.00 bits per heavy atom. The summed E-state index contributed by atoms with van der Waals surface area (Å²) < 4.78 is 5.86. The average Bonchev–Trinajstić information content (AvgIpc) is 3.01. The van der Waals surface area contributed by atoms with Crippen molar-refractivity contribution in [3.8, 4) is 11.5 Å². The van der Waals surface area contributed by atoms with Gasteiger partial charge in [0.2, 0.25) is 11.8 Å². The first-order valence-electron chi connectivity index (χ1n) is 15.4. The van der Waals surface area contributed by atoms with Gasteiger partial charge in [-0.15, -0.1) is 0 Å². The van der Waals surface area contributed by atoms with Crippen molar-refractivity contribution in [3.63, 3.8) is 0 Å². The number of nitrogens with one attached hydrogen (secondary N) is 1. The highest BCUT2D eigenvalue weighted by Crippen LogP contribution is 2.36. The molecular formula is C33H43N3O6. The van der Waals surface area contributed by atoms with E-state index in [0.717, 1.165) is 50.6 Å². The predicted octanol–water partition coefficient (Wildman–Crippen LogP) is 4.58. The number of unbranched alkanes of at least 4 members (excludes halogenated alkanes) is 1. The van der Waals surface area contributed by atoms with Gasteiger partial charge in [-0.2, -0.15) is 0 Å². The summed E-state index contributed by atoms with van der Waals surface area (Å²) in [5, 5.41) is 23.2. The third-order valence-electron chi connectivity index (χ3n) is 9.32. The maximum Gasteiger partial charge on any atom is 0.335 e. The zero-order valence-corrected chi connectivity index (χ0v) is 24.5. The number of aromatic carboxylic acids is 1. The molecule has 42 heavy (non-hydrogen) atoms. The number of hydrogen-bond acceptors (Lipinski definition) is 6. The summed E-state index contributed by atoms with van der Waals surface area (Å²) in [6.45, 7) is 4.72. The van der Waals surface area contributed by atoms with E-state index < -0.39 is 23.7 Å². The Bertz CT molecular complexity index is 1230. The van der Waals surface area contributed by atoms with Crippen molar-refractivity contribution >= 4 is 17.8 Å². The quantitative estimate of drug-likeness (QED) is 0.378. The van der Waals surface area contributed by atoms with E-state index in [1.54, 1.807) is 12.1 Å². The highest BCUT2D eigenvalue weighted by atomic mass is 16.5. The first-order chi connectivity index (χ1) is 20.3. The van der Waals surface area contributed by atoms with Crippen molar-refractivity contribution in [1.29, 1.82) is 0 Å². The molecule has 3 N–H and O–H groups in total. The largest absolute Gasteiger partial charge is 0.478 e. The summed E-state index contributed by atoms with van der Waals surface area (Å²) in [7, 11) is 0. The number of nitrogens with zero attached hydrogens (tertiary/aromatic N) is 2. The molecule has 2 aliphatic heterocycles. The lowest BCUT2D eigenvalue weighted by molar-refractivity contribution is -0.166. The van der Waals surface area contributed by atoms with E-state index in [2.05, 4.69) is 17.1 Å². The smallest absolute Gasteiger partial charge is 0.335 e. The molecule has 1 aliphatic carbocycles. The van der Waals surface area contributed by atoms with Gasteiger partial charge in [0, 0.05) is 26.2 Å².